The highest BCUT2D eigenvalue weighted by molar-refractivity contribution is 7.78. The smallest absolute Gasteiger partial charge is 0.0434 e. The lowest BCUT2D eigenvalue weighted by Gasteiger charge is -1.98. The maximum Gasteiger partial charge on any atom is 0.0434 e. The lowest BCUT2D eigenvalue weighted by atomic mass is 10.2. The van der Waals surface area contributed by atoms with Gasteiger partial charge in [0.25, 0.3) is 0 Å². The van der Waals surface area contributed by atoms with Crippen LogP contribution in [-0.2, 0) is 6.42 Å². The molecule has 1 aromatic heterocycles. The fraction of sp³-hybridized carbons (Fsp3) is 0.429. The Hall–Kier alpha value is -0.410. The zero-order valence-corrected chi connectivity index (χ0v) is 6.59. The highest BCUT2D eigenvalue weighted by Crippen LogP contribution is 2.05. The minimum Gasteiger partial charge on any atom is -0.396 e. The highest BCUT2D eigenvalue weighted by Gasteiger charge is 1.95. The number of hydrogen-bond donors (Lipinski definition) is 2. The Bertz CT molecular complexity index is 197. The zero-order valence-electron chi connectivity index (χ0n) is 5.70. The van der Waals surface area contributed by atoms with Gasteiger partial charge in [-0.2, -0.15) is 0 Å². The first kappa shape index (κ1) is 7.69. The molecular weight excluding hydrogens is 146 g/mol. The molecule has 0 unspecified atom stereocenters. The third-order valence-electron chi connectivity index (χ3n) is 1.40. The van der Waals surface area contributed by atoms with E-state index in [0.29, 0.717) is 0 Å². The van der Waals surface area contributed by atoms with E-state index < -0.39 is 0 Å². The Morgan fingerprint density at radius 2 is 2.40 bits per heavy atom. The molecule has 0 aliphatic heterocycles. The molecule has 0 amide bonds. The lowest BCUT2D eigenvalue weighted by Crippen LogP contribution is -1.92. The molecule has 10 heavy (non-hydrogen) atoms. The standard InChI is InChI=1S/C7H11NOS/c9-6-2-4-7-3-1-5-8(7)10/h1,3,5,9-10H,2,4,6H2. The molecular formula is C7H11NOS. The maximum absolute atomic E-state index is 8.52. The third-order valence-corrected chi connectivity index (χ3v) is 1.79. The fourth-order valence-electron chi connectivity index (χ4n) is 0.866. The Labute approximate surface area is 66.0 Å². The quantitative estimate of drug-likeness (QED) is 0.631. The second-order valence-electron chi connectivity index (χ2n) is 2.17. The van der Waals surface area contributed by atoms with Crippen LogP contribution in [0.2, 0.25) is 0 Å². The number of rotatable bonds is 3. The summed E-state index contributed by atoms with van der Waals surface area (Å²) in [7, 11) is 0. The van der Waals surface area contributed by atoms with Crippen LogP contribution in [-0.4, -0.2) is 15.7 Å². The molecule has 0 aromatic carbocycles. The molecule has 2 nitrogen and oxygen atoms in total. The second-order valence-corrected chi connectivity index (χ2v) is 2.60. The zero-order chi connectivity index (χ0) is 7.40. The molecule has 1 heterocycles. The lowest BCUT2D eigenvalue weighted by molar-refractivity contribution is 0.288. The van der Waals surface area contributed by atoms with E-state index in [2.05, 4.69) is 12.8 Å². The Kier molecular flexibility index (Phi) is 2.83. The van der Waals surface area contributed by atoms with Gasteiger partial charge in [0.2, 0.25) is 0 Å². The summed E-state index contributed by atoms with van der Waals surface area (Å²) < 4.78 is 1.77. The van der Waals surface area contributed by atoms with Gasteiger partial charge in [-0.1, -0.05) is 12.8 Å². The van der Waals surface area contributed by atoms with E-state index in [1.807, 2.05) is 18.3 Å². The third kappa shape index (κ3) is 1.78. The Morgan fingerprint density at radius 1 is 1.60 bits per heavy atom. The highest BCUT2D eigenvalue weighted by atomic mass is 32.1. The van der Waals surface area contributed by atoms with Crippen molar-refractivity contribution in [3.63, 3.8) is 0 Å². The molecule has 1 rings (SSSR count). The second kappa shape index (κ2) is 3.68. The number of aliphatic hydroxyl groups is 1. The summed E-state index contributed by atoms with van der Waals surface area (Å²) in [5.74, 6) is 0. The van der Waals surface area contributed by atoms with E-state index in [9.17, 15) is 0 Å². The molecule has 3 heteroatoms. The first-order valence-corrected chi connectivity index (χ1v) is 3.71. The number of thiol groups is 1. The van der Waals surface area contributed by atoms with Gasteiger partial charge < -0.3 is 5.11 Å². The van der Waals surface area contributed by atoms with Gasteiger partial charge >= 0.3 is 0 Å². The van der Waals surface area contributed by atoms with Crippen LogP contribution in [0.5, 0.6) is 0 Å². The van der Waals surface area contributed by atoms with E-state index in [1.165, 1.54) is 0 Å². The van der Waals surface area contributed by atoms with Crippen molar-refractivity contribution >= 4 is 12.8 Å². The molecule has 1 aromatic rings. The van der Waals surface area contributed by atoms with Crippen molar-refractivity contribution in [1.29, 1.82) is 0 Å². The molecule has 0 bridgehead atoms. The summed E-state index contributed by atoms with van der Waals surface area (Å²) in [4.78, 5) is 0. The van der Waals surface area contributed by atoms with Gasteiger partial charge in [0.15, 0.2) is 0 Å². The largest absolute Gasteiger partial charge is 0.396 e. The number of hydrogen-bond acceptors (Lipinski definition) is 2. The summed E-state index contributed by atoms with van der Waals surface area (Å²) in [6.45, 7) is 0.249. The first-order valence-electron chi connectivity index (χ1n) is 3.31. The first-order chi connectivity index (χ1) is 4.84. The van der Waals surface area contributed by atoms with E-state index in [4.69, 9.17) is 5.11 Å². The van der Waals surface area contributed by atoms with Crippen LogP contribution >= 0.6 is 12.8 Å². The van der Waals surface area contributed by atoms with E-state index >= 15 is 0 Å². The molecule has 1 N–H and O–H groups in total. The average Bonchev–Trinajstić information content (AvgIpc) is 2.31. The molecule has 0 aliphatic carbocycles. The number of aromatic nitrogens is 1. The van der Waals surface area contributed by atoms with Gasteiger partial charge in [-0.05, 0) is 25.0 Å². The Morgan fingerprint density at radius 3 is 2.90 bits per heavy atom. The van der Waals surface area contributed by atoms with Crippen LogP contribution in [0.3, 0.4) is 0 Å². The van der Waals surface area contributed by atoms with Crippen molar-refractivity contribution in [2.75, 3.05) is 6.61 Å². The van der Waals surface area contributed by atoms with Crippen LogP contribution in [0.4, 0.5) is 0 Å². The summed E-state index contributed by atoms with van der Waals surface area (Å²) >= 11 is 4.16. The summed E-state index contributed by atoms with van der Waals surface area (Å²) in [6, 6.07) is 3.95. The number of aryl methyl sites for hydroxylation is 1. The minimum atomic E-state index is 0.249. The maximum atomic E-state index is 8.52. The monoisotopic (exact) mass is 157 g/mol. The predicted molar refractivity (Wildman–Crippen MR) is 44.2 cm³/mol. The SMILES string of the molecule is OCCCc1cccn1S. The van der Waals surface area contributed by atoms with Gasteiger partial charge in [-0.15, -0.1) is 0 Å². The molecule has 0 spiro atoms. The molecule has 0 saturated heterocycles. The van der Waals surface area contributed by atoms with Gasteiger partial charge in [0.1, 0.15) is 0 Å². The molecule has 0 fully saturated rings. The van der Waals surface area contributed by atoms with Crippen molar-refractivity contribution in [3.8, 4) is 0 Å². The predicted octanol–water partition coefficient (Wildman–Crippen LogP) is 1.11. The average molecular weight is 157 g/mol. The molecule has 0 aliphatic rings. The molecule has 0 atom stereocenters. The van der Waals surface area contributed by atoms with Gasteiger partial charge in [0, 0.05) is 18.5 Å². The molecule has 0 saturated carbocycles. The van der Waals surface area contributed by atoms with Gasteiger partial charge in [-0.3, -0.25) is 3.97 Å². The van der Waals surface area contributed by atoms with E-state index in [-0.39, 0.29) is 6.61 Å². The van der Waals surface area contributed by atoms with Crippen molar-refractivity contribution < 1.29 is 5.11 Å². The van der Waals surface area contributed by atoms with Crippen molar-refractivity contribution in [1.82, 2.24) is 3.97 Å². The normalized spacial score (nSPS) is 10.2. The summed E-state index contributed by atoms with van der Waals surface area (Å²) in [5, 5.41) is 8.52. The summed E-state index contributed by atoms with van der Waals surface area (Å²) in [5.41, 5.74) is 1.15. The van der Waals surface area contributed by atoms with Gasteiger partial charge in [-0.25, -0.2) is 0 Å². The van der Waals surface area contributed by atoms with Crippen LogP contribution < -0.4 is 0 Å². The van der Waals surface area contributed by atoms with Crippen LogP contribution in [0, 0.1) is 0 Å². The van der Waals surface area contributed by atoms with Crippen molar-refractivity contribution in [2.45, 2.75) is 12.8 Å². The van der Waals surface area contributed by atoms with Crippen LogP contribution in [0.15, 0.2) is 18.3 Å². The topological polar surface area (TPSA) is 25.2 Å². The molecule has 0 radical (unpaired) electrons. The summed E-state index contributed by atoms with van der Waals surface area (Å²) in [6.07, 6.45) is 3.59. The number of nitrogens with zero attached hydrogens (tertiary/aromatic N) is 1. The van der Waals surface area contributed by atoms with Crippen molar-refractivity contribution in [3.05, 3.63) is 24.0 Å². The number of aliphatic hydroxyl groups excluding tert-OH is 1. The minimum absolute atomic E-state index is 0.249. The van der Waals surface area contributed by atoms with Crippen LogP contribution in [0.1, 0.15) is 12.1 Å². The van der Waals surface area contributed by atoms with E-state index in [0.717, 1.165) is 18.5 Å². The van der Waals surface area contributed by atoms with Gasteiger partial charge in [0.05, 0.1) is 0 Å². The van der Waals surface area contributed by atoms with Crippen LogP contribution in [0.25, 0.3) is 0 Å². The molecule has 56 valence electrons. The fourth-order valence-corrected chi connectivity index (χ4v) is 1.11. The Balaban J connectivity index is 2.49. The van der Waals surface area contributed by atoms with E-state index in [1.54, 1.807) is 3.97 Å². The van der Waals surface area contributed by atoms with Crippen molar-refractivity contribution in [2.24, 2.45) is 0 Å².